The lowest BCUT2D eigenvalue weighted by Crippen LogP contribution is -2.35. The summed E-state index contributed by atoms with van der Waals surface area (Å²) in [6, 6.07) is 0. The Kier molecular flexibility index (Phi) is 4.28. The molecule has 0 aromatic heterocycles. The van der Waals surface area contributed by atoms with E-state index >= 15 is 0 Å². The van der Waals surface area contributed by atoms with Crippen LogP contribution in [0.15, 0.2) is 0 Å². The van der Waals surface area contributed by atoms with E-state index in [-0.39, 0.29) is 11.0 Å². The monoisotopic (exact) mass is 234 g/mol. The standard InChI is InChI=1S/C10H18O4S/c1-10(2,9(11)12)7-15(13)8-3-5-14-6-4-8/h8H,3-7H2,1-2H3,(H,11,12). The van der Waals surface area contributed by atoms with Crippen molar-refractivity contribution in [1.82, 2.24) is 0 Å². The van der Waals surface area contributed by atoms with Crippen molar-refractivity contribution >= 4 is 16.8 Å². The molecule has 1 atom stereocenters. The normalized spacial score (nSPS) is 21.2. The Hall–Kier alpha value is -0.420. The first-order chi connectivity index (χ1) is 6.93. The highest BCUT2D eigenvalue weighted by Gasteiger charge is 2.32. The topological polar surface area (TPSA) is 63.6 Å². The van der Waals surface area contributed by atoms with Crippen LogP contribution < -0.4 is 0 Å². The number of hydrogen-bond acceptors (Lipinski definition) is 3. The van der Waals surface area contributed by atoms with Gasteiger partial charge in [-0.3, -0.25) is 9.00 Å². The van der Waals surface area contributed by atoms with Crippen LogP contribution in [-0.2, 0) is 20.3 Å². The zero-order valence-electron chi connectivity index (χ0n) is 9.19. The predicted molar refractivity (Wildman–Crippen MR) is 58.3 cm³/mol. The van der Waals surface area contributed by atoms with E-state index < -0.39 is 22.2 Å². The van der Waals surface area contributed by atoms with Gasteiger partial charge in [0.05, 0.1) is 5.41 Å². The SMILES string of the molecule is CC(C)(CS(=O)C1CCOCC1)C(=O)O. The molecule has 0 aliphatic carbocycles. The van der Waals surface area contributed by atoms with Gasteiger partial charge in [0.25, 0.3) is 0 Å². The van der Waals surface area contributed by atoms with Crippen molar-refractivity contribution in [3.63, 3.8) is 0 Å². The van der Waals surface area contributed by atoms with Crippen molar-refractivity contribution in [2.45, 2.75) is 31.9 Å². The lowest BCUT2D eigenvalue weighted by Gasteiger charge is -2.25. The largest absolute Gasteiger partial charge is 0.481 e. The van der Waals surface area contributed by atoms with Crippen LogP contribution >= 0.6 is 0 Å². The van der Waals surface area contributed by atoms with E-state index in [0.717, 1.165) is 12.8 Å². The van der Waals surface area contributed by atoms with Crippen molar-refractivity contribution in [1.29, 1.82) is 0 Å². The third-order valence-corrected chi connectivity index (χ3v) is 4.84. The van der Waals surface area contributed by atoms with Gasteiger partial charge in [0.15, 0.2) is 0 Å². The first-order valence-electron chi connectivity index (χ1n) is 5.12. The van der Waals surface area contributed by atoms with Crippen LogP contribution in [-0.4, -0.2) is 39.5 Å². The lowest BCUT2D eigenvalue weighted by molar-refractivity contribution is -0.145. The highest BCUT2D eigenvalue weighted by atomic mass is 32.2. The van der Waals surface area contributed by atoms with Gasteiger partial charge >= 0.3 is 5.97 Å². The molecule has 0 spiro atoms. The minimum Gasteiger partial charge on any atom is -0.481 e. The number of aliphatic carboxylic acids is 1. The molecule has 1 N–H and O–H groups in total. The maximum Gasteiger partial charge on any atom is 0.310 e. The van der Waals surface area contributed by atoms with Crippen molar-refractivity contribution in [2.24, 2.45) is 5.41 Å². The number of rotatable bonds is 4. The average molecular weight is 234 g/mol. The number of hydrogen-bond donors (Lipinski definition) is 1. The Balaban J connectivity index is 2.50. The van der Waals surface area contributed by atoms with E-state index in [4.69, 9.17) is 9.84 Å². The summed E-state index contributed by atoms with van der Waals surface area (Å²) in [4.78, 5) is 10.9. The van der Waals surface area contributed by atoms with Crippen LogP contribution in [0.1, 0.15) is 26.7 Å². The van der Waals surface area contributed by atoms with Gasteiger partial charge in [-0.1, -0.05) is 0 Å². The molecular weight excluding hydrogens is 216 g/mol. The maximum absolute atomic E-state index is 11.9. The van der Waals surface area contributed by atoms with Gasteiger partial charge in [-0.2, -0.15) is 0 Å². The van der Waals surface area contributed by atoms with Gasteiger partial charge in [0.1, 0.15) is 0 Å². The summed E-state index contributed by atoms with van der Waals surface area (Å²) in [6.07, 6.45) is 1.56. The zero-order chi connectivity index (χ0) is 11.5. The fourth-order valence-corrected chi connectivity index (χ4v) is 3.26. The molecule has 0 saturated carbocycles. The van der Waals surface area contributed by atoms with E-state index in [1.54, 1.807) is 13.8 Å². The number of ether oxygens (including phenoxy) is 1. The van der Waals surface area contributed by atoms with E-state index in [9.17, 15) is 9.00 Å². The van der Waals surface area contributed by atoms with Crippen LogP contribution in [0.4, 0.5) is 0 Å². The first-order valence-corrected chi connectivity index (χ1v) is 6.50. The predicted octanol–water partition coefficient (Wildman–Crippen LogP) is 1.02. The average Bonchev–Trinajstić information content (AvgIpc) is 2.18. The molecule has 1 saturated heterocycles. The molecule has 1 unspecified atom stereocenters. The fraction of sp³-hybridized carbons (Fsp3) is 0.900. The number of carbonyl (C=O) groups is 1. The Bertz CT molecular complexity index is 256. The summed E-state index contributed by atoms with van der Waals surface area (Å²) in [7, 11) is -1.06. The minimum atomic E-state index is -1.06. The lowest BCUT2D eigenvalue weighted by atomic mass is 9.97. The Morgan fingerprint density at radius 1 is 1.47 bits per heavy atom. The third-order valence-electron chi connectivity index (χ3n) is 2.62. The molecule has 5 heteroatoms. The third kappa shape index (κ3) is 3.57. The Morgan fingerprint density at radius 2 is 2.00 bits per heavy atom. The zero-order valence-corrected chi connectivity index (χ0v) is 10.0. The molecule has 1 rings (SSSR count). The van der Waals surface area contributed by atoms with Crippen LogP contribution in [0.3, 0.4) is 0 Å². The van der Waals surface area contributed by atoms with Crippen LogP contribution in [0.2, 0.25) is 0 Å². The van der Waals surface area contributed by atoms with Gasteiger partial charge < -0.3 is 9.84 Å². The molecule has 1 aliphatic heterocycles. The highest BCUT2D eigenvalue weighted by Crippen LogP contribution is 2.22. The molecule has 1 fully saturated rings. The molecule has 0 bridgehead atoms. The number of carboxylic acids is 1. The summed E-state index contributed by atoms with van der Waals surface area (Å²) in [6.45, 7) is 4.52. The Labute approximate surface area is 92.5 Å². The summed E-state index contributed by atoms with van der Waals surface area (Å²) in [5.41, 5.74) is -0.900. The van der Waals surface area contributed by atoms with E-state index in [1.807, 2.05) is 0 Å². The first kappa shape index (κ1) is 12.6. The number of carboxylic acid groups (broad SMARTS) is 1. The summed E-state index contributed by atoms with van der Waals surface area (Å²) >= 11 is 0. The van der Waals surface area contributed by atoms with E-state index in [1.165, 1.54) is 0 Å². The summed E-state index contributed by atoms with van der Waals surface area (Å²) < 4.78 is 17.1. The molecule has 15 heavy (non-hydrogen) atoms. The molecule has 0 amide bonds. The molecule has 1 heterocycles. The van der Waals surface area contributed by atoms with Gasteiger partial charge in [0.2, 0.25) is 0 Å². The van der Waals surface area contributed by atoms with Crippen molar-refractivity contribution in [3.8, 4) is 0 Å². The maximum atomic E-state index is 11.9. The summed E-state index contributed by atoms with van der Waals surface area (Å²) in [5, 5.41) is 9.04. The molecule has 88 valence electrons. The fourth-order valence-electron chi connectivity index (χ4n) is 1.47. The molecule has 0 radical (unpaired) electrons. The van der Waals surface area contributed by atoms with Gasteiger partial charge in [-0.25, -0.2) is 0 Å². The van der Waals surface area contributed by atoms with Gasteiger partial charge in [0, 0.05) is 35.0 Å². The molecular formula is C10H18O4S. The molecule has 4 nitrogen and oxygen atoms in total. The van der Waals surface area contributed by atoms with Gasteiger partial charge in [-0.15, -0.1) is 0 Å². The summed E-state index contributed by atoms with van der Waals surface area (Å²) in [5.74, 6) is -0.657. The van der Waals surface area contributed by atoms with Crippen LogP contribution in [0.5, 0.6) is 0 Å². The molecule has 1 aliphatic rings. The van der Waals surface area contributed by atoms with Crippen molar-refractivity contribution < 1.29 is 18.8 Å². The quantitative estimate of drug-likeness (QED) is 0.789. The molecule has 0 aromatic rings. The van der Waals surface area contributed by atoms with Crippen molar-refractivity contribution in [2.75, 3.05) is 19.0 Å². The van der Waals surface area contributed by atoms with Crippen LogP contribution in [0, 0.1) is 5.41 Å². The van der Waals surface area contributed by atoms with Crippen molar-refractivity contribution in [3.05, 3.63) is 0 Å². The Morgan fingerprint density at radius 3 is 2.47 bits per heavy atom. The smallest absolute Gasteiger partial charge is 0.310 e. The van der Waals surface area contributed by atoms with Gasteiger partial charge in [-0.05, 0) is 26.7 Å². The second-order valence-corrected chi connectivity index (χ2v) is 6.24. The van der Waals surface area contributed by atoms with E-state index in [0.29, 0.717) is 13.2 Å². The second kappa shape index (κ2) is 5.07. The van der Waals surface area contributed by atoms with Crippen LogP contribution in [0.25, 0.3) is 0 Å². The highest BCUT2D eigenvalue weighted by molar-refractivity contribution is 7.85. The second-order valence-electron chi connectivity index (χ2n) is 4.53. The molecule has 0 aromatic carbocycles. The minimum absolute atomic E-state index is 0.109. The van der Waals surface area contributed by atoms with E-state index in [2.05, 4.69) is 0 Å².